The van der Waals surface area contributed by atoms with E-state index in [-0.39, 0.29) is 18.7 Å². The highest BCUT2D eigenvalue weighted by Crippen LogP contribution is 2.27. The summed E-state index contributed by atoms with van der Waals surface area (Å²) in [6, 6.07) is 4.90. The molecule has 0 fully saturated rings. The van der Waals surface area contributed by atoms with E-state index in [9.17, 15) is 9.18 Å². The van der Waals surface area contributed by atoms with Crippen molar-refractivity contribution < 1.29 is 13.9 Å². The van der Waals surface area contributed by atoms with Gasteiger partial charge in [-0.2, -0.15) is 0 Å². The molecule has 1 rings (SSSR count). The van der Waals surface area contributed by atoms with Gasteiger partial charge in [-0.1, -0.05) is 25.1 Å². The molecule has 3 nitrogen and oxygen atoms in total. The highest BCUT2D eigenvalue weighted by molar-refractivity contribution is 6.32. The molecule has 0 aliphatic rings. The standard InChI is InChI=1S/C16H21ClFNO2/c1-4-11(2)16(20)13-6-7-15(14(17)10-13)21-12(3)19-9-5-8-18/h6-7,10,12,19H,2,4-5,8-9H2,1,3H3. The number of nitrogens with one attached hydrogen (secondary N) is 1. The van der Waals surface area contributed by atoms with Gasteiger partial charge in [-0.05, 0) is 43.5 Å². The topological polar surface area (TPSA) is 38.3 Å². The number of rotatable bonds is 9. The molecule has 0 heterocycles. The molecule has 1 aromatic carbocycles. The van der Waals surface area contributed by atoms with Crippen molar-refractivity contribution in [3.8, 4) is 5.75 Å². The molecular formula is C16H21ClFNO2. The summed E-state index contributed by atoms with van der Waals surface area (Å²) in [6.45, 7) is 7.59. The van der Waals surface area contributed by atoms with Crippen molar-refractivity contribution in [1.29, 1.82) is 0 Å². The second-order valence-electron chi connectivity index (χ2n) is 4.69. The molecule has 0 saturated carbocycles. The largest absolute Gasteiger partial charge is 0.474 e. The Balaban J connectivity index is 2.70. The van der Waals surface area contributed by atoms with Crippen LogP contribution in [0.15, 0.2) is 30.4 Å². The Morgan fingerprint density at radius 3 is 2.81 bits per heavy atom. The SMILES string of the molecule is C=C(CC)C(=O)c1ccc(OC(C)NCCCF)c(Cl)c1. The predicted octanol–water partition coefficient (Wildman–Crippen LogP) is 4.16. The van der Waals surface area contributed by atoms with Gasteiger partial charge in [0.15, 0.2) is 5.78 Å². The van der Waals surface area contributed by atoms with Gasteiger partial charge in [-0.25, -0.2) is 0 Å². The Hall–Kier alpha value is -1.39. The Labute approximate surface area is 130 Å². The number of alkyl halides is 1. The second-order valence-corrected chi connectivity index (χ2v) is 5.10. The molecule has 0 bridgehead atoms. The van der Waals surface area contributed by atoms with Crippen molar-refractivity contribution in [3.05, 3.63) is 40.9 Å². The van der Waals surface area contributed by atoms with Crippen LogP contribution in [0, 0.1) is 0 Å². The van der Waals surface area contributed by atoms with Crippen molar-refractivity contribution in [2.24, 2.45) is 0 Å². The lowest BCUT2D eigenvalue weighted by atomic mass is 10.0. The first-order chi connectivity index (χ1) is 9.99. The number of ketones is 1. The van der Waals surface area contributed by atoms with E-state index in [1.54, 1.807) is 18.2 Å². The normalized spacial score (nSPS) is 12.0. The van der Waals surface area contributed by atoms with E-state index in [4.69, 9.17) is 16.3 Å². The maximum atomic E-state index is 12.0. The molecule has 1 N–H and O–H groups in total. The van der Waals surface area contributed by atoms with Crippen LogP contribution >= 0.6 is 11.6 Å². The first kappa shape index (κ1) is 17.7. The summed E-state index contributed by atoms with van der Waals surface area (Å²) < 4.78 is 17.6. The number of ether oxygens (including phenoxy) is 1. The molecule has 0 spiro atoms. The van der Waals surface area contributed by atoms with E-state index >= 15 is 0 Å². The van der Waals surface area contributed by atoms with Crippen LogP contribution < -0.4 is 10.1 Å². The third-order valence-corrected chi connectivity index (χ3v) is 3.28. The Bertz CT molecular complexity index is 505. The fourth-order valence-corrected chi connectivity index (χ4v) is 1.93. The van der Waals surface area contributed by atoms with Crippen LogP contribution in [-0.2, 0) is 0 Å². The van der Waals surface area contributed by atoms with Crippen LogP contribution in [-0.4, -0.2) is 25.2 Å². The average Bonchev–Trinajstić information content (AvgIpc) is 2.48. The molecule has 0 aromatic heterocycles. The van der Waals surface area contributed by atoms with Gasteiger partial charge in [-0.15, -0.1) is 0 Å². The van der Waals surface area contributed by atoms with Gasteiger partial charge >= 0.3 is 0 Å². The molecule has 0 amide bonds. The Morgan fingerprint density at radius 1 is 1.52 bits per heavy atom. The fourth-order valence-electron chi connectivity index (χ4n) is 1.71. The van der Waals surface area contributed by atoms with Crippen molar-refractivity contribution in [3.63, 3.8) is 0 Å². The summed E-state index contributed by atoms with van der Waals surface area (Å²) in [6.07, 6.45) is 0.749. The van der Waals surface area contributed by atoms with E-state index in [0.29, 0.717) is 41.3 Å². The molecule has 0 saturated heterocycles. The van der Waals surface area contributed by atoms with E-state index in [0.717, 1.165) is 0 Å². The fraction of sp³-hybridized carbons (Fsp3) is 0.438. The number of halogens is 2. The van der Waals surface area contributed by atoms with Crippen molar-refractivity contribution in [1.82, 2.24) is 5.32 Å². The lowest BCUT2D eigenvalue weighted by Gasteiger charge is -2.17. The predicted molar refractivity (Wildman–Crippen MR) is 83.9 cm³/mol. The summed E-state index contributed by atoms with van der Waals surface area (Å²) in [4.78, 5) is 12.0. The molecule has 21 heavy (non-hydrogen) atoms. The highest BCUT2D eigenvalue weighted by Gasteiger charge is 2.13. The molecule has 1 atom stereocenters. The second kappa shape index (κ2) is 8.80. The quantitative estimate of drug-likeness (QED) is 0.322. The minimum atomic E-state index is -0.363. The van der Waals surface area contributed by atoms with Gasteiger partial charge < -0.3 is 4.74 Å². The Kier molecular flexibility index (Phi) is 7.40. The molecular weight excluding hydrogens is 293 g/mol. The molecule has 116 valence electrons. The minimum Gasteiger partial charge on any atom is -0.474 e. The number of carbonyl (C=O) groups is 1. The lowest BCUT2D eigenvalue weighted by molar-refractivity contribution is 0.103. The van der Waals surface area contributed by atoms with Crippen molar-refractivity contribution in [2.45, 2.75) is 32.9 Å². The van der Waals surface area contributed by atoms with Gasteiger partial charge in [0.05, 0.1) is 11.7 Å². The number of hydrogen-bond acceptors (Lipinski definition) is 3. The van der Waals surface area contributed by atoms with E-state index in [1.807, 2.05) is 13.8 Å². The third-order valence-electron chi connectivity index (χ3n) is 2.99. The van der Waals surface area contributed by atoms with Gasteiger partial charge in [0, 0.05) is 12.1 Å². The summed E-state index contributed by atoms with van der Waals surface area (Å²) >= 11 is 6.13. The smallest absolute Gasteiger partial charge is 0.188 e. The highest BCUT2D eigenvalue weighted by atomic mass is 35.5. The summed E-state index contributed by atoms with van der Waals surface area (Å²) in [5.74, 6) is 0.371. The number of benzene rings is 1. The van der Waals surface area contributed by atoms with Crippen molar-refractivity contribution in [2.75, 3.05) is 13.2 Å². The summed E-state index contributed by atoms with van der Waals surface area (Å²) in [5, 5.41) is 3.39. The third kappa shape index (κ3) is 5.48. The zero-order valence-corrected chi connectivity index (χ0v) is 13.2. The van der Waals surface area contributed by atoms with E-state index < -0.39 is 0 Å². The van der Waals surface area contributed by atoms with E-state index in [2.05, 4.69) is 11.9 Å². The lowest BCUT2D eigenvalue weighted by Crippen LogP contribution is -2.32. The van der Waals surface area contributed by atoms with Crippen LogP contribution in [0.3, 0.4) is 0 Å². The van der Waals surface area contributed by atoms with Crippen molar-refractivity contribution >= 4 is 17.4 Å². The molecule has 1 aromatic rings. The van der Waals surface area contributed by atoms with Gasteiger partial charge in [0.2, 0.25) is 0 Å². The van der Waals surface area contributed by atoms with Gasteiger partial charge in [0.1, 0.15) is 12.0 Å². The number of hydrogen-bond donors (Lipinski definition) is 1. The first-order valence-corrected chi connectivity index (χ1v) is 7.35. The zero-order valence-electron chi connectivity index (χ0n) is 12.4. The summed E-state index contributed by atoms with van der Waals surface area (Å²) in [5.41, 5.74) is 1.04. The van der Waals surface area contributed by atoms with Gasteiger partial charge in [0.25, 0.3) is 0 Å². The van der Waals surface area contributed by atoms with Crippen LogP contribution in [0.25, 0.3) is 0 Å². The molecule has 0 aliphatic carbocycles. The summed E-state index contributed by atoms with van der Waals surface area (Å²) in [7, 11) is 0. The molecule has 1 unspecified atom stereocenters. The van der Waals surface area contributed by atoms with Crippen LogP contribution in [0.2, 0.25) is 5.02 Å². The zero-order chi connectivity index (χ0) is 15.8. The Morgan fingerprint density at radius 2 is 2.24 bits per heavy atom. The average molecular weight is 314 g/mol. The number of carbonyl (C=O) groups excluding carboxylic acids is 1. The van der Waals surface area contributed by atoms with E-state index in [1.165, 1.54) is 0 Å². The maximum Gasteiger partial charge on any atom is 0.188 e. The minimum absolute atomic E-state index is 0.111. The molecule has 5 heteroatoms. The monoisotopic (exact) mass is 313 g/mol. The number of Topliss-reactive ketones (excluding diaryl/α,β-unsaturated/α-hetero) is 1. The van der Waals surface area contributed by atoms with Crippen LogP contribution in [0.5, 0.6) is 5.75 Å². The van der Waals surface area contributed by atoms with Crippen LogP contribution in [0.4, 0.5) is 4.39 Å². The maximum absolute atomic E-state index is 12.0. The first-order valence-electron chi connectivity index (χ1n) is 6.97. The van der Waals surface area contributed by atoms with Crippen LogP contribution in [0.1, 0.15) is 37.0 Å². The molecule has 0 radical (unpaired) electrons. The number of allylic oxidation sites excluding steroid dienone is 1. The van der Waals surface area contributed by atoms with Gasteiger partial charge in [-0.3, -0.25) is 14.5 Å². The molecule has 0 aliphatic heterocycles.